The van der Waals surface area contributed by atoms with Crippen LogP contribution in [0.15, 0.2) is 12.1 Å². The molecule has 1 aromatic rings. The van der Waals surface area contributed by atoms with Gasteiger partial charge in [0.2, 0.25) is 5.91 Å². The Morgan fingerprint density at radius 3 is 2.71 bits per heavy atom. The Bertz CT molecular complexity index is 489. The van der Waals surface area contributed by atoms with Crippen LogP contribution in [0, 0.1) is 29.3 Å². The van der Waals surface area contributed by atoms with Gasteiger partial charge in [0.1, 0.15) is 5.82 Å². The van der Waals surface area contributed by atoms with Gasteiger partial charge in [-0.2, -0.15) is 0 Å². The van der Waals surface area contributed by atoms with E-state index >= 15 is 0 Å². The highest BCUT2D eigenvalue weighted by atomic mass is 19.2. The molecular weight excluding hydrogens is 231 g/mol. The molecule has 0 heterocycles. The van der Waals surface area contributed by atoms with E-state index in [0.717, 1.165) is 6.07 Å². The average Bonchev–Trinajstić information content (AvgIpc) is 2.23. The second kappa shape index (κ2) is 5.94. The molecule has 2 nitrogen and oxygen atoms in total. The summed E-state index contributed by atoms with van der Waals surface area (Å²) in [5.74, 6) is 1.31. The van der Waals surface area contributed by atoms with Crippen LogP contribution in [0.2, 0.25) is 0 Å². The molecule has 0 aliphatic rings. The Morgan fingerprint density at radius 2 is 2.06 bits per heavy atom. The number of nitrogens with one attached hydrogen (secondary N) is 1. The van der Waals surface area contributed by atoms with Crippen molar-refractivity contribution in [1.29, 1.82) is 0 Å². The minimum atomic E-state index is -1.27. The zero-order valence-corrected chi connectivity index (χ0v) is 9.11. The monoisotopic (exact) mass is 241 g/mol. The molecule has 0 aromatic heterocycles. The van der Waals surface area contributed by atoms with Crippen LogP contribution in [0.1, 0.15) is 18.9 Å². The van der Waals surface area contributed by atoms with E-state index in [-0.39, 0.29) is 17.9 Å². The molecule has 0 aliphatic heterocycles. The van der Waals surface area contributed by atoms with Crippen molar-refractivity contribution in [3.8, 4) is 11.8 Å². The maximum absolute atomic E-state index is 13.1. The van der Waals surface area contributed by atoms with Crippen LogP contribution in [-0.4, -0.2) is 12.5 Å². The van der Waals surface area contributed by atoms with Gasteiger partial charge in [-0.25, -0.2) is 13.2 Å². The molecule has 1 N–H and O–H groups in total. The standard InChI is InChI=1S/C12H10F3NO/c1-8(17)16-5-3-2-4-9-6-10(13)7-11(14)12(9)15/h6-7H,3,5H2,1H3,(H,16,17). The van der Waals surface area contributed by atoms with Crippen LogP contribution < -0.4 is 5.32 Å². The van der Waals surface area contributed by atoms with Gasteiger partial charge in [0, 0.05) is 26.0 Å². The smallest absolute Gasteiger partial charge is 0.216 e. The van der Waals surface area contributed by atoms with Crippen molar-refractivity contribution in [2.24, 2.45) is 0 Å². The predicted molar refractivity (Wildman–Crippen MR) is 56.5 cm³/mol. The third-order valence-electron chi connectivity index (χ3n) is 1.84. The first-order valence-corrected chi connectivity index (χ1v) is 4.88. The molecule has 0 bridgehead atoms. The molecule has 0 aliphatic carbocycles. The Hall–Kier alpha value is -1.96. The van der Waals surface area contributed by atoms with E-state index in [4.69, 9.17) is 0 Å². The first-order chi connectivity index (χ1) is 8.00. The summed E-state index contributed by atoms with van der Waals surface area (Å²) in [5.41, 5.74) is -0.328. The lowest BCUT2D eigenvalue weighted by Crippen LogP contribution is -2.20. The molecule has 17 heavy (non-hydrogen) atoms. The zero-order chi connectivity index (χ0) is 12.8. The van der Waals surface area contributed by atoms with Crippen LogP contribution in [0.5, 0.6) is 0 Å². The van der Waals surface area contributed by atoms with Crippen molar-refractivity contribution in [3.05, 3.63) is 35.1 Å². The molecule has 0 radical (unpaired) electrons. The van der Waals surface area contributed by atoms with Gasteiger partial charge in [-0.1, -0.05) is 11.8 Å². The average molecular weight is 241 g/mol. The normalized spacial score (nSPS) is 9.41. The Labute approximate surface area is 96.8 Å². The summed E-state index contributed by atoms with van der Waals surface area (Å²) in [6.45, 7) is 1.66. The van der Waals surface area contributed by atoms with Crippen molar-refractivity contribution in [1.82, 2.24) is 5.32 Å². The highest BCUT2D eigenvalue weighted by Gasteiger charge is 2.08. The number of hydrogen-bond donors (Lipinski definition) is 1. The van der Waals surface area contributed by atoms with Crippen molar-refractivity contribution < 1.29 is 18.0 Å². The van der Waals surface area contributed by atoms with Crippen LogP contribution >= 0.6 is 0 Å². The van der Waals surface area contributed by atoms with Gasteiger partial charge >= 0.3 is 0 Å². The van der Waals surface area contributed by atoms with Gasteiger partial charge < -0.3 is 5.32 Å². The van der Waals surface area contributed by atoms with Gasteiger partial charge in [0.15, 0.2) is 11.6 Å². The summed E-state index contributed by atoms with van der Waals surface area (Å²) in [4.78, 5) is 10.5. The Morgan fingerprint density at radius 1 is 1.35 bits per heavy atom. The predicted octanol–water partition coefficient (Wildman–Crippen LogP) is 1.98. The summed E-state index contributed by atoms with van der Waals surface area (Å²) >= 11 is 0. The van der Waals surface area contributed by atoms with E-state index in [9.17, 15) is 18.0 Å². The van der Waals surface area contributed by atoms with E-state index in [1.807, 2.05) is 0 Å². The third kappa shape index (κ3) is 4.19. The third-order valence-corrected chi connectivity index (χ3v) is 1.84. The minimum Gasteiger partial charge on any atom is -0.355 e. The highest BCUT2D eigenvalue weighted by molar-refractivity contribution is 5.72. The fraction of sp³-hybridized carbons (Fsp3) is 0.250. The number of benzene rings is 1. The number of halogens is 3. The molecule has 1 aromatic carbocycles. The van der Waals surface area contributed by atoms with Crippen LogP contribution in [0.25, 0.3) is 0 Å². The van der Waals surface area contributed by atoms with Crippen molar-refractivity contribution >= 4 is 5.91 Å². The van der Waals surface area contributed by atoms with Crippen LogP contribution in [0.3, 0.4) is 0 Å². The molecule has 0 saturated carbocycles. The number of rotatable bonds is 2. The minimum absolute atomic E-state index is 0.199. The number of hydrogen-bond acceptors (Lipinski definition) is 1. The quantitative estimate of drug-likeness (QED) is 0.479. The van der Waals surface area contributed by atoms with Gasteiger partial charge in [-0.15, -0.1) is 0 Å². The van der Waals surface area contributed by atoms with E-state index in [2.05, 4.69) is 17.2 Å². The molecule has 0 spiro atoms. The van der Waals surface area contributed by atoms with Crippen LogP contribution in [0.4, 0.5) is 13.2 Å². The summed E-state index contributed by atoms with van der Waals surface area (Å²) in [6.07, 6.45) is 0.275. The molecular formula is C12H10F3NO. The topological polar surface area (TPSA) is 29.1 Å². The molecule has 0 fully saturated rings. The molecule has 1 rings (SSSR count). The Kier molecular flexibility index (Phi) is 4.58. The van der Waals surface area contributed by atoms with E-state index in [1.54, 1.807) is 0 Å². The lowest BCUT2D eigenvalue weighted by molar-refractivity contribution is -0.118. The zero-order valence-electron chi connectivity index (χ0n) is 9.11. The summed E-state index contributed by atoms with van der Waals surface area (Å²) in [5, 5.41) is 2.49. The first kappa shape index (κ1) is 13.1. The van der Waals surface area contributed by atoms with Gasteiger partial charge in [0.25, 0.3) is 0 Å². The van der Waals surface area contributed by atoms with Gasteiger partial charge in [0.05, 0.1) is 5.56 Å². The molecule has 90 valence electrons. The van der Waals surface area contributed by atoms with E-state index < -0.39 is 17.5 Å². The number of carbonyl (C=O) groups is 1. The molecule has 5 heteroatoms. The SMILES string of the molecule is CC(=O)NCCC#Cc1cc(F)cc(F)c1F. The summed E-state index contributed by atoms with van der Waals surface area (Å²) in [6, 6.07) is 1.28. The largest absolute Gasteiger partial charge is 0.355 e. The van der Waals surface area contributed by atoms with Gasteiger partial charge in [-0.3, -0.25) is 4.79 Å². The number of carbonyl (C=O) groups excluding carboxylic acids is 1. The second-order valence-electron chi connectivity index (χ2n) is 3.28. The Balaban J connectivity index is 2.68. The van der Waals surface area contributed by atoms with Crippen molar-refractivity contribution in [2.45, 2.75) is 13.3 Å². The summed E-state index contributed by atoms with van der Waals surface area (Å²) in [7, 11) is 0. The molecule has 0 unspecified atom stereocenters. The van der Waals surface area contributed by atoms with Gasteiger partial charge in [-0.05, 0) is 6.07 Å². The van der Waals surface area contributed by atoms with E-state index in [0.29, 0.717) is 12.6 Å². The van der Waals surface area contributed by atoms with Crippen molar-refractivity contribution in [3.63, 3.8) is 0 Å². The molecule has 1 amide bonds. The lowest BCUT2D eigenvalue weighted by atomic mass is 10.2. The lowest BCUT2D eigenvalue weighted by Gasteiger charge is -1.97. The second-order valence-corrected chi connectivity index (χ2v) is 3.28. The highest BCUT2D eigenvalue weighted by Crippen LogP contribution is 2.12. The first-order valence-electron chi connectivity index (χ1n) is 4.88. The molecule has 0 saturated heterocycles. The molecule has 0 atom stereocenters. The van der Waals surface area contributed by atoms with Crippen LogP contribution in [-0.2, 0) is 4.79 Å². The van der Waals surface area contributed by atoms with Crippen molar-refractivity contribution in [2.75, 3.05) is 6.54 Å². The maximum Gasteiger partial charge on any atom is 0.216 e. The number of amides is 1. The summed E-state index contributed by atoms with van der Waals surface area (Å²) < 4.78 is 38.6. The van der Waals surface area contributed by atoms with E-state index in [1.165, 1.54) is 6.92 Å². The maximum atomic E-state index is 13.1. The fourth-order valence-electron chi connectivity index (χ4n) is 1.11. The fourth-order valence-corrected chi connectivity index (χ4v) is 1.11.